The number of nitrogens with one attached hydrogen (secondary N) is 1. The summed E-state index contributed by atoms with van der Waals surface area (Å²) in [5.74, 6) is -1.64. The van der Waals surface area contributed by atoms with Crippen LogP contribution in [-0.2, 0) is 20.7 Å². The first-order valence-corrected chi connectivity index (χ1v) is 7.00. The zero-order chi connectivity index (χ0) is 16.8. The van der Waals surface area contributed by atoms with Gasteiger partial charge in [0, 0.05) is 5.69 Å². The summed E-state index contributed by atoms with van der Waals surface area (Å²) in [6, 6.07) is 9.79. The summed E-state index contributed by atoms with van der Waals surface area (Å²) in [7, 11) is 0. The number of anilines is 1. The molecule has 0 radical (unpaired) electrons. The Balaban J connectivity index is 1.80. The first-order valence-electron chi connectivity index (χ1n) is 6.62. The van der Waals surface area contributed by atoms with Crippen molar-refractivity contribution in [2.45, 2.75) is 6.42 Å². The minimum absolute atomic E-state index is 0.0179. The lowest BCUT2D eigenvalue weighted by molar-refractivity contribution is -0.146. The average molecular weight is 338 g/mol. The summed E-state index contributed by atoms with van der Waals surface area (Å²) in [4.78, 5) is 23.3. The van der Waals surface area contributed by atoms with E-state index in [0.29, 0.717) is 11.3 Å². The van der Waals surface area contributed by atoms with E-state index in [1.807, 2.05) is 0 Å². The number of esters is 1. The molecule has 0 aliphatic carbocycles. The van der Waals surface area contributed by atoms with Crippen molar-refractivity contribution >= 4 is 29.2 Å². The Hall–Kier alpha value is -2.60. The van der Waals surface area contributed by atoms with E-state index in [9.17, 15) is 14.0 Å². The van der Waals surface area contributed by atoms with Crippen LogP contribution in [0.2, 0.25) is 5.02 Å². The molecule has 1 amide bonds. The van der Waals surface area contributed by atoms with Crippen LogP contribution in [0.5, 0.6) is 5.75 Å². The molecule has 0 spiro atoms. The van der Waals surface area contributed by atoms with Crippen LogP contribution in [0.25, 0.3) is 0 Å². The third-order valence-electron chi connectivity index (χ3n) is 2.85. The number of halogens is 2. The van der Waals surface area contributed by atoms with Crippen LogP contribution in [0, 0.1) is 5.82 Å². The molecule has 0 bridgehead atoms. The fraction of sp³-hybridized carbons (Fsp3) is 0.125. The van der Waals surface area contributed by atoms with E-state index in [1.54, 1.807) is 12.1 Å². The molecule has 0 fully saturated rings. The second-order valence-electron chi connectivity index (χ2n) is 4.68. The standard InChI is InChI=1S/C16H13ClFNO4/c17-13-8-11(3-6-14(13)18)19-15(21)9-23-16(22)7-10-1-4-12(20)5-2-10/h1-6,8,20H,7,9H2,(H,19,21). The molecule has 0 aromatic heterocycles. The van der Waals surface area contributed by atoms with Gasteiger partial charge in [-0.25, -0.2) is 4.39 Å². The Labute approximate surface area is 136 Å². The van der Waals surface area contributed by atoms with Gasteiger partial charge >= 0.3 is 5.97 Å². The second kappa shape index (κ2) is 7.60. The van der Waals surface area contributed by atoms with E-state index in [1.165, 1.54) is 24.3 Å². The molecule has 23 heavy (non-hydrogen) atoms. The van der Waals surface area contributed by atoms with E-state index in [4.69, 9.17) is 21.4 Å². The summed E-state index contributed by atoms with van der Waals surface area (Å²) in [6.07, 6.45) is -0.0179. The van der Waals surface area contributed by atoms with Gasteiger partial charge in [-0.15, -0.1) is 0 Å². The lowest BCUT2D eigenvalue weighted by atomic mass is 10.1. The third kappa shape index (κ3) is 5.27. The summed E-state index contributed by atoms with van der Waals surface area (Å²) in [5, 5.41) is 11.5. The molecule has 2 aromatic rings. The Morgan fingerprint density at radius 1 is 1.17 bits per heavy atom. The number of phenols is 1. The van der Waals surface area contributed by atoms with E-state index in [2.05, 4.69) is 5.32 Å². The molecule has 5 nitrogen and oxygen atoms in total. The van der Waals surface area contributed by atoms with E-state index in [0.717, 1.165) is 6.07 Å². The van der Waals surface area contributed by atoms with E-state index in [-0.39, 0.29) is 17.2 Å². The Morgan fingerprint density at radius 2 is 1.87 bits per heavy atom. The van der Waals surface area contributed by atoms with Gasteiger partial charge in [0.2, 0.25) is 0 Å². The second-order valence-corrected chi connectivity index (χ2v) is 5.09. The number of carbonyl (C=O) groups is 2. The normalized spacial score (nSPS) is 10.2. The van der Waals surface area contributed by atoms with Gasteiger partial charge in [0.05, 0.1) is 11.4 Å². The molecule has 0 heterocycles. The lowest BCUT2D eigenvalue weighted by Crippen LogP contribution is -2.21. The molecule has 2 N–H and O–H groups in total. The summed E-state index contributed by atoms with van der Waals surface area (Å²) in [6.45, 7) is -0.466. The van der Waals surface area contributed by atoms with Crippen LogP contribution < -0.4 is 5.32 Å². The van der Waals surface area contributed by atoms with Crippen molar-refractivity contribution < 1.29 is 23.8 Å². The van der Waals surface area contributed by atoms with Crippen molar-refractivity contribution in [3.63, 3.8) is 0 Å². The quantitative estimate of drug-likeness (QED) is 0.823. The highest BCUT2D eigenvalue weighted by Gasteiger charge is 2.10. The highest BCUT2D eigenvalue weighted by atomic mass is 35.5. The van der Waals surface area contributed by atoms with Crippen molar-refractivity contribution in [3.8, 4) is 5.75 Å². The largest absolute Gasteiger partial charge is 0.508 e. The minimum atomic E-state index is -0.593. The van der Waals surface area contributed by atoms with Gasteiger partial charge in [-0.05, 0) is 35.9 Å². The van der Waals surface area contributed by atoms with Crippen LogP contribution in [0.1, 0.15) is 5.56 Å². The van der Waals surface area contributed by atoms with Gasteiger partial charge in [0.1, 0.15) is 11.6 Å². The maximum Gasteiger partial charge on any atom is 0.310 e. The molecular weight excluding hydrogens is 325 g/mol. The van der Waals surface area contributed by atoms with Crippen LogP contribution in [0.15, 0.2) is 42.5 Å². The van der Waals surface area contributed by atoms with Gasteiger partial charge in [-0.1, -0.05) is 23.7 Å². The first kappa shape index (κ1) is 16.8. The Kier molecular flexibility index (Phi) is 5.54. The number of hydrogen-bond donors (Lipinski definition) is 2. The van der Waals surface area contributed by atoms with Crippen LogP contribution in [0.4, 0.5) is 10.1 Å². The highest BCUT2D eigenvalue weighted by Crippen LogP contribution is 2.19. The molecule has 2 aromatic carbocycles. The number of aromatic hydroxyl groups is 1. The number of amides is 1. The predicted molar refractivity (Wildman–Crippen MR) is 82.8 cm³/mol. The monoisotopic (exact) mass is 337 g/mol. The molecule has 0 aliphatic rings. The Bertz CT molecular complexity index is 719. The number of phenolic OH excluding ortho intramolecular Hbond substituents is 1. The van der Waals surface area contributed by atoms with E-state index >= 15 is 0 Å². The van der Waals surface area contributed by atoms with Gasteiger partial charge in [-0.2, -0.15) is 0 Å². The number of ether oxygens (including phenoxy) is 1. The van der Waals surface area contributed by atoms with Gasteiger partial charge in [0.15, 0.2) is 6.61 Å². The predicted octanol–water partition coefficient (Wildman–Crippen LogP) is 2.91. The fourth-order valence-electron chi connectivity index (χ4n) is 1.75. The highest BCUT2D eigenvalue weighted by molar-refractivity contribution is 6.31. The van der Waals surface area contributed by atoms with Crippen molar-refractivity contribution in [2.24, 2.45) is 0 Å². The van der Waals surface area contributed by atoms with Gasteiger partial charge in [0.25, 0.3) is 5.91 Å². The fourth-order valence-corrected chi connectivity index (χ4v) is 1.93. The zero-order valence-corrected chi connectivity index (χ0v) is 12.6. The summed E-state index contributed by atoms with van der Waals surface area (Å²) in [5.41, 5.74) is 0.953. The molecule has 0 saturated heterocycles. The molecule has 0 aliphatic heterocycles. The van der Waals surface area contributed by atoms with Crippen LogP contribution in [-0.4, -0.2) is 23.6 Å². The number of hydrogen-bond acceptors (Lipinski definition) is 4. The van der Waals surface area contributed by atoms with Crippen molar-refractivity contribution in [1.82, 2.24) is 0 Å². The number of rotatable bonds is 5. The van der Waals surface area contributed by atoms with Crippen molar-refractivity contribution in [1.29, 1.82) is 0 Å². The van der Waals surface area contributed by atoms with Crippen molar-refractivity contribution in [2.75, 3.05) is 11.9 Å². The maximum atomic E-state index is 13.0. The lowest BCUT2D eigenvalue weighted by Gasteiger charge is -2.07. The molecule has 120 valence electrons. The Morgan fingerprint density at radius 3 is 2.52 bits per heavy atom. The van der Waals surface area contributed by atoms with Crippen molar-refractivity contribution in [3.05, 3.63) is 58.9 Å². The van der Waals surface area contributed by atoms with Crippen LogP contribution >= 0.6 is 11.6 Å². The topological polar surface area (TPSA) is 75.6 Å². The first-order chi connectivity index (χ1) is 10.9. The molecule has 0 atom stereocenters. The third-order valence-corrected chi connectivity index (χ3v) is 3.14. The van der Waals surface area contributed by atoms with Crippen LogP contribution in [0.3, 0.4) is 0 Å². The average Bonchev–Trinajstić information content (AvgIpc) is 2.51. The van der Waals surface area contributed by atoms with E-state index < -0.39 is 24.3 Å². The molecular formula is C16H13ClFNO4. The van der Waals surface area contributed by atoms with Gasteiger partial charge in [-0.3, -0.25) is 9.59 Å². The number of carbonyl (C=O) groups excluding carboxylic acids is 2. The maximum absolute atomic E-state index is 13.0. The molecule has 2 rings (SSSR count). The molecule has 7 heteroatoms. The molecule has 0 saturated carbocycles. The SMILES string of the molecule is O=C(COC(=O)Cc1ccc(O)cc1)Nc1ccc(F)c(Cl)c1. The molecule has 0 unspecified atom stereocenters. The van der Waals surface area contributed by atoms with Gasteiger partial charge < -0.3 is 15.2 Å². The zero-order valence-electron chi connectivity index (χ0n) is 11.9. The number of benzene rings is 2. The summed E-state index contributed by atoms with van der Waals surface area (Å²) < 4.78 is 17.8. The summed E-state index contributed by atoms with van der Waals surface area (Å²) >= 11 is 5.60. The minimum Gasteiger partial charge on any atom is -0.508 e. The smallest absolute Gasteiger partial charge is 0.310 e.